The molecule has 0 unspecified atom stereocenters. The van der Waals surface area contributed by atoms with Gasteiger partial charge in [-0.15, -0.1) is 10.2 Å². The van der Waals surface area contributed by atoms with Crippen molar-refractivity contribution in [3.8, 4) is 5.75 Å². The molecule has 21 heavy (non-hydrogen) atoms. The number of carbonyl (C=O) groups excluding carboxylic acids is 1. The summed E-state index contributed by atoms with van der Waals surface area (Å²) in [6.07, 6.45) is 0. The number of ketones is 1. The van der Waals surface area contributed by atoms with Crippen molar-refractivity contribution in [3.63, 3.8) is 0 Å². The lowest BCUT2D eigenvalue weighted by atomic mass is 10.1. The molecule has 2 heterocycles. The van der Waals surface area contributed by atoms with Crippen LogP contribution in [0.2, 0.25) is 0 Å². The molecule has 0 aliphatic carbocycles. The van der Waals surface area contributed by atoms with E-state index >= 15 is 0 Å². The molecule has 0 bridgehead atoms. The third-order valence-corrected chi connectivity index (χ3v) is 5.17. The Labute approximate surface area is 122 Å². The van der Waals surface area contributed by atoms with Gasteiger partial charge in [-0.25, -0.2) is 13.6 Å². The van der Waals surface area contributed by atoms with E-state index in [1.807, 2.05) is 0 Å². The van der Waals surface area contributed by atoms with Crippen LogP contribution in [0, 0.1) is 0 Å². The van der Waals surface area contributed by atoms with E-state index in [0.717, 1.165) is 0 Å². The van der Waals surface area contributed by atoms with E-state index in [-0.39, 0.29) is 32.3 Å². The van der Waals surface area contributed by atoms with Gasteiger partial charge in [0.05, 0.1) is 11.1 Å². The molecule has 2 aromatic heterocycles. The van der Waals surface area contributed by atoms with Crippen molar-refractivity contribution in [2.75, 3.05) is 0 Å². The fourth-order valence-electron chi connectivity index (χ4n) is 1.96. The Bertz CT molecular complexity index is 1010. The second-order valence-corrected chi connectivity index (χ2v) is 6.89. The molecule has 10 heteroatoms. The monoisotopic (exact) mass is 324 g/mol. The number of nitrogens with two attached hydrogens (primary N) is 1. The van der Waals surface area contributed by atoms with Gasteiger partial charge in [-0.1, -0.05) is 0 Å². The van der Waals surface area contributed by atoms with Gasteiger partial charge in [0.15, 0.2) is 9.99 Å². The van der Waals surface area contributed by atoms with E-state index in [2.05, 4.69) is 14.6 Å². The van der Waals surface area contributed by atoms with E-state index in [4.69, 9.17) is 5.14 Å². The number of hydrogen-bond acceptors (Lipinski definition) is 8. The summed E-state index contributed by atoms with van der Waals surface area (Å²) in [5.41, 5.74) is 0.749. The van der Waals surface area contributed by atoms with E-state index in [0.29, 0.717) is 22.4 Å². The predicted octanol–water partition coefficient (Wildman–Crippen LogP) is 0.795. The maximum Gasteiger partial charge on any atom is 0.251 e. The summed E-state index contributed by atoms with van der Waals surface area (Å²) < 4.78 is 26.7. The Morgan fingerprint density at radius 3 is 2.62 bits per heavy atom. The van der Waals surface area contributed by atoms with Crippen molar-refractivity contribution in [1.29, 1.82) is 0 Å². The summed E-state index contributed by atoms with van der Waals surface area (Å²) in [7, 11) is -3.95. The normalized spacial score (nSPS) is 12.1. The first-order chi connectivity index (χ1) is 9.79. The first-order valence-corrected chi connectivity index (χ1v) is 7.93. The van der Waals surface area contributed by atoms with Crippen LogP contribution in [-0.4, -0.2) is 33.9 Å². The molecule has 0 saturated heterocycles. The minimum absolute atomic E-state index is 0.0463. The van der Waals surface area contributed by atoms with Crippen molar-refractivity contribution in [2.24, 2.45) is 5.14 Å². The van der Waals surface area contributed by atoms with Gasteiger partial charge in [0, 0.05) is 5.39 Å². The van der Waals surface area contributed by atoms with Crippen LogP contribution in [0.3, 0.4) is 0 Å². The highest BCUT2D eigenvalue weighted by Crippen LogP contribution is 2.32. The number of fused-ring (bicyclic) bond motifs is 3. The molecule has 0 aliphatic rings. The van der Waals surface area contributed by atoms with Crippen molar-refractivity contribution in [1.82, 2.24) is 14.6 Å². The standard InChI is InChI=1S/C11H8N4O4S2/c1-4(16)5-2-7-6(3-8(5)17)9-10(14-13-7)11(20-15-9)21(12,18)19/h2-3,17H,1H3,(H2,12,18,19). The molecular weight excluding hydrogens is 316 g/mol. The molecular formula is C11H8N4O4S2. The summed E-state index contributed by atoms with van der Waals surface area (Å²) in [5.74, 6) is -0.547. The van der Waals surface area contributed by atoms with Crippen molar-refractivity contribution in [2.45, 2.75) is 11.1 Å². The minimum atomic E-state index is -3.95. The third kappa shape index (κ3) is 2.13. The number of phenols is 1. The highest BCUT2D eigenvalue weighted by Gasteiger charge is 2.21. The van der Waals surface area contributed by atoms with E-state index in [1.165, 1.54) is 19.1 Å². The van der Waals surface area contributed by atoms with Crippen LogP contribution in [0.5, 0.6) is 5.75 Å². The molecule has 3 rings (SSSR count). The maximum atomic E-state index is 11.4. The minimum Gasteiger partial charge on any atom is -0.507 e. The summed E-state index contributed by atoms with van der Waals surface area (Å²) in [5, 5.41) is 23.0. The zero-order chi connectivity index (χ0) is 15.4. The van der Waals surface area contributed by atoms with Crippen molar-refractivity contribution in [3.05, 3.63) is 17.7 Å². The number of carbonyl (C=O) groups is 1. The number of benzene rings is 1. The SMILES string of the molecule is CC(=O)c1cc2nnc3c(S(N)(=O)=O)snc3c2cc1O. The molecule has 0 radical (unpaired) electrons. The molecule has 3 aromatic rings. The van der Waals surface area contributed by atoms with Crippen LogP contribution in [0.1, 0.15) is 17.3 Å². The van der Waals surface area contributed by atoms with Gasteiger partial charge in [-0.05, 0) is 30.6 Å². The smallest absolute Gasteiger partial charge is 0.251 e. The van der Waals surface area contributed by atoms with E-state index in [9.17, 15) is 18.3 Å². The predicted molar refractivity (Wildman–Crippen MR) is 75.8 cm³/mol. The summed E-state index contributed by atoms with van der Waals surface area (Å²) in [6, 6.07) is 2.70. The van der Waals surface area contributed by atoms with Crippen LogP contribution in [0.15, 0.2) is 16.3 Å². The lowest BCUT2D eigenvalue weighted by Gasteiger charge is -2.03. The Balaban J connectivity index is 2.43. The molecule has 0 amide bonds. The van der Waals surface area contributed by atoms with Gasteiger partial charge in [0.25, 0.3) is 10.0 Å². The number of phenolic OH excluding ortho intramolecular Hbond substituents is 1. The molecule has 0 spiro atoms. The highest BCUT2D eigenvalue weighted by atomic mass is 32.2. The van der Waals surface area contributed by atoms with E-state index in [1.54, 1.807) is 0 Å². The number of rotatable bonds is 2. The number of sulfonamides is 1. The van der Waals surface area contributed by atoms with E-state index < -0.39 is 10.0 Å². The first-order valence-electron chi connectivity index (χ1n) is 5.61. The largest absolute Gasteiger partial charge is 0.507 e. The molecule has 3 N–H and O–H groups in total. The molecule has 0 atom stereocenters. The quantitative estimate of drug-likeness (QED) is 0.665. The maximum absolute atomic E-state index is 11.4. The Morgan fingerprint density at radius 2 is 2.00 bits per heavy atom. The number of Topliss-reactive ketones (excluding diaryl/α,β-unsaturated/α-hetero) is 1. The van der Waals surface area contributed by atoms with Gasteiger partial charge >= 0.3 is 0 Å². The fraction of sp³-hybridized carbons (Fsp3) is 0.0909. The van der Waals surface area contributed by atoms with Crippen LogP contribution < -0.4 is 5.14 Å². The van der Waals surface area contributed by atoms with Crippen LogP contribution in [-0.2, 0) is 10.0 Å². The average molecular weight is 324 g/mol. The van der Waals surface area contributed by atoms with Crippen LogP contribution in [0.25, 0.3) is 21.9 Å². The first kappa shape index (κ1) is 13.8. The lowest BCUT2D eigenvalue weighted by molar-refractivity contribution is 0.101. The number of nitrogens with zero attached hydrogens (tertiary/aromatic N) is 3. The van der Waals surface area contributed by atoms with Crippen LogP contribution in [0.4, 0.5) is 0 Å². The van der Waals surface area contributed by atoms with Gasteiger partial charge in [0.1, 0.15) is 16.8 Å². The Hall–Kier alpha value is -2.17. The highest BCUT2D eigenvalue weighted by molar-refractivity contribution is 7.91. The topological polar surface area (TPSA) is 136 Å². The van der Waals surface area contributed by atoms with Crippen molar-refractivity contribution < 1.29 is 18.3 Å². The van der Waals surface area contributed by atoms with Crippen LogP contribution >= 0.6 is 11.5 Å². The number of primary sulfonamides is 1. The van der Waals surface area contributed by atoms with Gasteiger partial charge in [-0.2, -0.15) is 4.37 Å². The Kier molecular flexibility index (Phi) is 2.90. The number of aromatic nitrogens is 3. The number of hydrogen-bond donors (Lipinski definition) is 2. The molecule has 8 nitrogen and oxygen atoms in total. The Morgan fingerprint density at radius 1 is 1.29 bits per heavy atom. The second kappa shape index (κ2) is 4.41. The summed E-state index contributed by atoms with van der Waals surface area (Å²) >= 11 is 0.687. The fourth-order valence-corrected chi connectivity index (χ4v) is 3.47. The molecule has 0 fully saturated rings. The van der Waals surface area contributed by atoms with Crippen molar-refractivity contribution >= 4 is 49.3 Å². The zero-order valence-corrected chi connectivity index (χ0v) is 12.2. The second-order valence-electron chi connectivity index (χ2n) is 4.35. The zero-order valence-electron chi connectivity index (χ0n) is 10.6. The summed E-state index contributed by atoms with van der Waals surface area (Å²) in [4.78, 5) is 11.4. The van der Waals surface area contributed by atoms with Gasteiger partial charge < -0.3 is 5.11 Å². The molecule has 108 valence electrons. The third-order valence-electron chi connectivity index (χ3n) is 2.90. The molecule has 0 saturated carbocycles. The average Bonchev–Trinajstić information content (AvgIpc) is 2.81. The summed E-state index contributed by atoms with van der Waals surface area (Å²) in [6.45, 7) is 1.31. The lowest BCUT2D eigenvalue weighted by Crippen LogP contribution is -2.11. The van der Waals surface area contributed by atoms with Gasteiger partial charge in [-0.3, -0.25) is 4.79 Å². The molecule has 0 aliphatic heterocycles. The van der Waals surface area contributed by atoms with Gasteiger partial charge in [0.2, 0.25) is 0 Å². The molecule has 1 aromatic carbocycles. The number of aromatic hydroxyl groups is 1.